The second kappa shape index (κ2) is 7.30. The third kappa shape index (κ3) is 3.26. The molecule has 0 aliphatic carbocycles. The van der Waals surface area contributed by atoms with Gasteiger partial charge in [0.25, 0.3) is 5.56 Å². The zero-order chi connectivity index (χ0) is 19.8. The van der Waals surface area contributed by atoms with E-state index >= 15 is 0 Å². The Morgan fingerprint density at radius 1 is 0.931 bits per heavy atom. The summed E-state index contributed by atoms with van der Waals surface area (Å²) in [6.45, 7) is 2.67. The van der Waals surface area contributed by atoms with Crippen LogP contribution in [0.1, 0.15) is 18.1 Å². The van der Waals surface area contributed by atoms with Crippen LogP contribution in [-0.4, -0.2) is 9.55 Å². The van der Waals surface area contributed by atoms with Crippen LogP contribution in [0.3, 0.4) is 0 Å². The molecule has 0 atom stereocenters. The summed E-state index contributed by atoms with van der Waals surface area (Å²) >= 11 is 1.52. The lowest BCUT2D eigenvalue weighted by atomic mass is 10.0. The third-order valence-electron chi connectivity index (χ3n) is 5.41. The van der Waals surface area contributed by atoms with Crippen LogP contribution in [0.2, 0.25) is 0 Å². The summed E-state index contributed by atoms with van der Waals surface area (Å²) in [5, 5.41) is 5.12. The molecule has 0 amide bonds. The van der Waals surface area contributed by atoms with E-state index in [1.807, 2.05) is 17.5 Å². The van der Waals surface area contributed by atoms with Crippen LogP contribution < -0.4 is 5.56 Å². The van der Waals surface area contributed by atoms with Crippen molar-refractivity contribution in [1.82, 2.24) is 9.55 Å². The fourth-order valence-electron chi connectivity index (χ4n) is 3.73. The second-order valence-electron chi connectivity index (χ2n) is 7.24. The van der Waals surface area contributed by atoms with Gasteiger partial charge in [0.2, 0.25) is 0 Å². The molecule has 5 aromatic rings. The smallest absolute Gasteiger partial charge is 0.263 e. The summed E-state index contributed by atoms with van der Waals surface area (Å²) in [6.07, 6.45) is 2.68. The maximum absolute atomic E-state index is 13.3. The Hall–Kier alpha value is -3.24. The molecule has 3 aromatic carbocycles. The van der Waals surface area contributed by atoms with Crippen LogP contribution in [0.4, 0.5) is 0 Å². The summed E-state index contributed by atoms with van der Waals surface area (Å²) in [5.74, 6) is 0. The number of thiophene rings is 1. The Balaban J connectivity index is 1.60. The molecular weight excluding hydrogens is 376 g/mol. The van der Waals surface area contributed by atoms with Crippen molar-refractivity contribution in [2.24, 2.45) is 0 Å². The molecule has 0 fully saturated rings. The van der Waals surface area contributed by atoms with Gasteiger partial charge in [-0.05, 0) is 39.9 Å². The maximum Gasteiger partial charge on any atom is 0.263 e. The van der Waals surface area contributed by atoms with Gasteiger partial charge in [-0.3, -0.25) is 9.36 Å². The van der Waals surface area contributed by atoms with E-state index in [0.717, 1.165) is 27.9 Å². The van der Waals surface area contributed by atoms with Crippen LogP contribution in [0, 0.1) is 0 Å². The normalized spacial score (nSPS) is 11.3. The van der Waals surface area contributed by atoms with Crippen molar-refractivity contribution >= 4 is 32.3 Å². The van der Waals surface area contributed by atoms with Gasteiger partial charge >= 0.3 is 0 Å². The first-order valence-corrected chi connectivity index (χ1v) is 10.6. The molecule has 0 bridgehead atoms. The van der Waals surface area contributed by atoms with Crippen LogP contribution in [0.5, 0.6) is 0 Å². The van der Waals surface area contributed by atoms with Crippen molar-refractivity contribution < 1.29 is 0 Å². The highest BCUT2D eigenvalue weighted by atomic mass is 32.1. The number of aryl methyl sites for hydroxylation is 1. The van der Waals surface area contributed by atoms with Gasteiger partial charge in [-0.2, -0.15) is 0 Å². The fourth-order valence-corrected chi connectivity index (χ4v) is 4.63. The highest BCUT2D eigenvalue weighted by Crippen LogP contribution is 2.32. The van der Waals surface area contributed by atoms with Crippen molar-refractivity contribution in [3.05, 3.63) is 99.9 Å². The lowest BCUT2D eigenvalue weighted by molar-refractivity contribution is 0.749. The summed E-state index contributed by atoms with van der Waals surface area (Å²) in [6, 6.07) is 23.1. The average molecular weight is 397 g/mol. The van der Waals surface area contributed by atoms with Crippen LogP contribution >= 0.6 is 11.3 Å². The van der Waals surface area contributed by atoms with Crippen LogP contribution in [-0.2, 0) is 13.0 Å². The van der Waals surface area contributed by atoms with Gasteiger partial charge in [-0.1, -0.05) is 67.6 Å². The van der Waals surface area contributed by atoms with E-state index in [1.165, 1.54) is 27.7 Å². The molecule has 0 radical (unpaired) electrons. The quantitative estimate of drug-likeness (QED) is 0.380. The molecule has 29 heavy (non-hydrogen) atoms. The maximum atomic E-state index is 13.3. The molecule has 3 nitrogen and oxygen atoms in total. The molecule has 0 unspecified atom stereocenters. The SMILES string of the molecule is CCc1ccc(Cn2cnc3scc(-c4ccc5ccccc5c4)c3c2=O)cc1. The minimum absolute atomic E-state index is 0.0129. The van der Waals surface area contributed by atoms with Gasteiger partial charge in [0.05, 0.1) is 18.3 Å². The minimum atomic E-state index is 0.0129. The summed E-state index contributed by atoms with van der Waals surface area (Å²) in [5.41, 5.74) is 4.43. The fraction of sp³-hybridized carbons (Fsp3) is 0.120. The van der Waals surface area contributed by atoms with Crippen molar-refractivity contribution in [1.29, 1.82) is 0 Å². The molecule has 0 saturated heterocycles. The minimum Gasteiger partial charge on any atom is -0.294 e. The van der Waals surface area contributed by atoms with Crippen molar-refractivity contribution in [3.63, 3.8) is 0 Å². The van der Waals surface area contributed by atoms with E-state index < -0.39 is 0 Å². The van der Waals surface area contributed by atoms with E-state index in [-0.39, 0.29) is 5.56 Å². The molecule has 0 saturated carbocycles. The molecular formula is C25H20N2OS. The first-order valence-electron chi connectivity index (χ1n) is 9.76. The second-order valence-corrected chi connectivity index (χ2v) is 8.10. The predicted octanol–water partition coefficient (Wildman–Crippen LogP) is 5.89. The largest absolute Gasteiger partial charge is 0.294 e. The van der Waals surface area contributed by atoms with E-state index in [2.05, 4.69) is 66.5 Å². The van der Waals surface area contributed by atoms with Crippen LogP contribution in [0.15, 0.2) is 83.2 Å². The summed E-state index contributed by atoms with van der Waals surface area (Å²) in [7, 11) is 0. The number of nitrogens with zero attached hydrogens (tertiary/aromatic N) is 2. The van der Waals surface area contributed by atoms with Gasteiger partial charge in [-0.25, -0.2) is 4.98 Å². The van der Waals surface area contributed by atoms with E-state index in [1.54, 1.807) is 10.9 Å². The number of hydrogen-bond donors (Lipinski definition) is 0. The average Bonchev–Trinajstić information content (AvgIpc) is 3.21. The van der Waals surface area contributed by atoms with Crippen molar-refractivity contribution in [2.45, 2.75) is 19.9 Å². The molecule has 2 aromatic heterocycles. The Morgan fingerprint density at radius 2 is 1.69 bits per heavy atom. The van der Waals surface area contributed by atoms with Gasteiger partial charge in [0.1, 0.15) is 4.83 Å². The number of fused-ring (bicyclic) bond motifs is 2. The van der Waals surface area contributed by atoms with Gasteiger partial charge in [-0.15, -0.1) is 11.3 Å². The first kappa shape index (κ1) is 17.8. The monoisotopic (exact) mass is 396 g/mol. The summed E-state index contributed by atoms with van der Waals surface area (Å²) < 4.78 is 1.71. The zero-order valence-electron chi connectivity index (χ0n) is 16.1. The van der Waals surface area contributed by atoms with Gasteiger partial charge in [0, 0.05) is 10.9 Å². The van der Waals surface area contributed by atoms with Crippen molar-refractivity contribution in [2.75, 3.05) is 0 Å². The van der Waals surface area contributed by atoms with Crippen LogP contribution in [0.25, 0.3) is 32.1 Å². The number of aromatic nitrogens is 2. The third-order valence-corrected chi connectivity index (χ3v) is 6.29. The molecule has 4 heteroatoms. The van der Waals surface area contributed by atoms with E-state index in [0.29, 0.717) is 11.9 Å². The standard InChI is InChI=1S/C25H20N2OS/c1-2-17-7-9-18(10-8-17)14-27-16-26-24-23(25(27)28)22(15-29-24)21-12-11-19-5-3-4-6-20(19)13-21/h3-13,15-16H,2,14H2,1H3. The summed E-state index contributed by atoms with van der Waals surface area (Å²) in [4.78, 5) is 18.7. The number of benzene rings is 3. The highest BCUT2D eigenvalue weighted by Gasteiger charge is 2.14. The molecule has 0 aliphatic rings. The van der Waals surface area contributed by atoms with E-state index in [4.69, 9.17) is 0 Å². The van der Waals surface area contributed by atoms with Gasteiger partial charge in [0.15, 0.2) is 0 Å². The Morgan fingerprint density at radius 3 is 2.48 bits per heavy atom. The Bertz CT molecular complexity index is 1380. The zero-order valence-corrected chi connectivity index (χ0v) is 16.9. The molecule has 0 spiro atoms. The topological polar surface area (TPSA) is 34.9 Å². The molecule has 2 heterocycles. The highest BCUT2D eigenvalue weighted by molar-refractivity contribution is 7.17. The predicted molar refractivity (Wildman–Crippen MR) is 122 cm³/mol. The number of rotatable bonds is 4. The molecule has 142 valence electrons. The van der Waals surface area contributed by atoms with Crippen molar-refractivity contribution in [3.8, 4) is 11.1 Å². The van der Waals surface area contributed by atoms with Gasteiger partial charge < -0.3 is 0 Å². The lowest BCUT2D eigenvalue weighted by Gasteiger charge is -2.08. The molecule has 5 rings (SSSR count). The molecule has 0 N–H and O–H groups in total. The first-order chi connectivity index (χ1) is 14.2. The lowest BCUT2D eigenvalue weighted by Crippen LogP contribution is -2.21. The Labute approximate surface area is 172 Å². The molecule has 0 aliphatic heterocycles. The number of hydrogen-bond acceptors (Lipinski definition) is 3. The Kier molecular flexibility index (Phi) is 4.49. The van der Waals surface area contributed by atoms with E-state index in [9.17, 15) is 4.79 Å².